The molecule has 7 heteroatoms. The van der Waals surface area contributed by atoms with Crippen LogP contribution in [0, 0.1) is 0 Å². The summed E-state index contributed by atoms with van der Waals surface area (Å²) in [7, 11) is 0. The van der Waals surface area contributed by atoms with Gasteiger partial charge in [0.1, 0.15) is 0 Å². The average molecular weight is 531 g/mol. The maximum atomic E-state index is 9.55. The highest BCUT2D eigenvalue weighted by Gasteiger charge is 2.21. The molecule has 196 valence electrons. The monoisotopic (exact) mass is 530 g/mol. The van der Waals surface area contributed by atoms with E-state index >= 15 is 0 Å². The second kappa shape index (κ2) is 13.1. The smallest absolute Gasteiger partial charge is 0.328 e. The number of allylic oxidation sites excluding steroid dienone is 1. The number of carbonyl (C=O) groups is 2. The third-order valence-electron chi connectivity index (χ3n) is 6.77. The molecule has 1 heterocycles. The van der Waals surface area contributed by atoms with Crippen molar-refractivity contribution in [2.75, 3.05) is 37.6 Å². The summed E-state index contributed by atoms with van der Waals surface area (Å²) in [4.78, 5) is 24.1. The summed E-state index contributed by atoms with van der Waals surface area (Å²) in [6, 6.07) is 25.8. The van der Waals surface area contributed by atoms with Gasteiger partial charge in [-0.3, -0.25) is 4.90 Å². The van der Waals surface area contributed by atoms with Crippen LogP contribution in [-0.2, 0) is 16.0 Å². The molecular weight excluding hydrogens is 500 g/mol. The standard InChI is InChI=1S/C27H27ClN2.C4H4O4/c28-23-8-4-9-24(20-23)30-18-16-29(17-19-30)15-14-22-12-13-27-25(10-5-11-26(22)27)21-6-2-1-3-7-21;5-3(6)1-2-4(7)8/h1-12,20H,13-19H2;1-2H,(H,5,6)(H,7,8)/b;2-1-. The number of halogens is 1. The lowest BCUT2D eigenvalue weighted by Gasteiger charge is -2.36. The number of fused-ring (bicyclic) bond motifs is 1. The number of benzene rings is 3. The topological polar surface area (TPSA) is 81.1 Å². The summed E-state index contributed by atoms with van der Waals surface area (Å²) < 4.78 is 0. The van der Waals surface area contributed by atoms with Gasteiger partial charge in [0.2, 0.25) is 0 Å². The first kappa shape index (κ1) is 27.2. The Hall–Kier alpha value is -3.87. The van der Waals surface area contributed by atoms with Gasteiger partial charge >= 0.3 is 11.9 Å². The van der Waals surface area contributed by atoms with Crippen LogP contribution in [0.2, 0.25) is 5.02 Å². The van der Waals surface area contributed by atoms with Crippen molar-refractivity contribution >= 4 is 34.8 Å². The van der Waals surface area contributed by atoms with E-state index in [9.17, 15) is 9.59 Å². The number of rotatable bonds is 7. The third-order valence-corrected chi connectivity index (χ3v) is 7.01. The molecule has 38 heavy (non-hydrogen) atoms. The zero-order valence-electron chi connectivity index (χ0n) is 21.1. The average Bonchev–Trinajstić information content (AvgIpc) is 3.35. The minimum absolute atomic E-state index is 0.558. The van der Waals surface area contributed by atoms with Gasteiger partial charge in [0.05, 0.1) is 0 Å². The predicted molar refractivity (Wildman–Crippen MR) is 153 cm³/mol. The van der Waals surface area contributed by atoms with Gasteiger partial charge in [0, 0.05) is 55.6 Å². The van der Waals surface area contributed by atoms with Crippen molar-refractivity contribution in [3.8, 4) is 11.1 Å². The molecule has 0 aromatic heterocycles. The molecule has 2 N–H and O–H groups in total. The van der Waals surface area contributed by atoms with Gasteiger partial charge in [-0.15, -0.1) is 0 Å². The van der Waals surface area contributed by atoms with E-state index in [4.69, 9.17) is 21.8 Å². The van der Waals surface area contributed by atoms with Crippen molar-refractivity contribution < 1.29 is 19.8 Å². The summed E-state index contributed by atoms with van der Waals surface area (Å²) in [6.45, 7) is 5.47. The van der Waals surface area contributed by atoms with Crippen LogP contribution in [0.5, 0.6) is 0 Å². The van der Waals surface area contributed by atoms with Crippen molar-refractivity contribution in [2.24, 2.45) is 0 Å². The quantitative estimate of drug-likeness (QED) is 0.372. The fourth-order valence-electron chi connectivity index (χ4n) is 4.89. The van der Waals surface area contributed by atoms with E-state index in [0.29, 0.717) is 12.2 Å². The Morgan fingerprint density at radius 2 is 1.47 bits per heavy atom. The first-order valence-corrected chi connectivity index (χ1v) is 13.0. The molecule has 5 rings (SSSR count). The molecule has 1 saturated heterocycles. The third kappa shape index (κ3) is 7.34. The molecular formula is C31H31ClN2O4. The zero-order chi connectivity index (χ0) is 26.9. The van der Waals surface area contributed by atoms with E-state index in [-0.39, 0.29) is 0 Å². The Kier molecular flexibility index (Phi) is 9.35. The van der Waals surface area contributed by atoms with Gasteiger partial charge in [0.15, 0.2) is 0 Å². The maximum absolute atomic E-state index is 9.55. The van der Waals surface area contributed by atoms with Crippen LogP contribution in [-0.4, -0.2) is 59.8 Å². The molecule has 3 aromatic rings. The van der Waals surface area contributed by atoms with Crippen LogP contribution in [0.4, 0.5) is 5.69 Å². The number of anilines is 1. The maximum Gasteiger partial charge on any atom is 0.328 e. The Bertz CT molecular complexity index is 1310. The van der Waals surface area contributed by atoms with Crippen LogP contribution < -0.4 is 4.90 Å². The Balaban J connectivity index is 0.000000368. The van der Waals surface area contributed by atoms with E-state index in [0.717, 1.165) is 50.6 Å². The zero-order valence-corrected chi connectivity index (χ0v) is 21.8. The van der Waals surface area contributed by atoms with E-state index in [2.05, 4.69) is 76.5 Å². The Morgan fingerprint density at radius 3 is 2.13 bits per heavy atom. The van der Waals surface area contributed by atoms with Gasteiger partial charge in [-0.2, -0.15) is 0 Å². The highest BCUT2D eigenvalue weighted by atomic mass is 35.5. The van der Waals surface area contributed by atoms with Crippen molar-refractivity contribution in [3.05, 3.63) is 107 Å². The minimum Gasteiger partial charge on any atom is -0.478 e. The lowest BCUT2D eigenvalue weighted by molar-refractivity contribution is -0.134. The lowest BCUT2D eigenvalue weighted by Crippen LogP contribution is -2.46. The van der Waals surface area contributed by atoms with Gasteiger partial charge in [-0.25, -0.2) is 9.59 Å². The molecule has 1 aliphatic carbocycles. The fourth-order valence-corrected chi connectivity index (χ4v) is 5.08. The van der Waals surface area contributed by atoms with Crippen molar-refractivity contribution in [1.29, 1.82) is 0 Å². The number of hydrogen-bond acceptors (Lipinski definition) is 4. The van der Waals surface area contributed by atoms with E-state index in [1.54, 1.807) is 0 Å². The first-order valence-electron chi connectivity index (χ1n) is 12.6. The SMILES string of the molecule is Clc1cccc(N2CCN(CCC3=CCc4c3cccc4-c3ccccc3)CC2)c1.O=C(O)/C=C\C(=O)O. The summed E-state index contributed by atoms with van der Waals surface area (Å²) in [5.41, 5.74) is 8.40. The molecule has 1 fully saturated rings. The van der Waals surface area contributed by atoms with Gasteiger partial charge in [-0.05, 0) is 58.9 Å². The molecule has 0 spiro atoms. The summed E-state index contributed by atoms with van der Waals surface area (Å²) in [6.07, 6.45) is 5.74. The summed E-state index contributed by atoms with van der Waals surface area (Å²) in [5, 5.41) is 16.4. The number of carboxylic acid groups (broad SMARTS) is 2. The van der Waals surface area contributed by atoms with Crippen LogP contribution in [0.25, 0.3) is 16.7 Å². The van der Waals surface area contributed by atoms with E-state index < -0.39 is 11.9 Å². The van der Waals surface area contributed by atoms with Crippen LogP contribution in [0.15, 0.2) is 91.0 Å². The molecule has 1 aliphatic heterocycles. The Labute approximate surface area is 228 Å². The van der Waals surface area contributed by atoms with E-state index in [1.165, 1.54) is 33.5 Å². The first-order chi connectivity index (χ1) is 18.4. The summed E-state index contributed by atoms with van der Waals surface area (Å²) in [5.74, 6) is -2.51. The number of hydrogen-bond donors (Lipinski definition) is 2. The molecule has 0 saturated carbocycles. The lowest BCUT2D eigenvalue weighted by atomic mass is 9.94. The molecule has 0 atom stereocenters. The number of aliphatic carboxylic acids is 2. The number of piperazine rings is 1. The highest BCUT2D eigenvalue weighted by molar-refractivity contribution is 6.30. The second-order valence-electron chi connectivity index (χ2n) is 9.20. The highest BCUT2D eigenvalue weighted by Crippen LogP contribution is 2.36. The largest absolute Gasteiger partial charge is 0.478 e. The molecule has 6 nitrogen and oxygen atoms in total. The molecule has 0 unspecified atom stereocenters. The van der Waals surface area contributed by atoms with Crippen LogP contribution >= 0.6 is 11.6 Å². The van der Waals surface area contributed by atoms with Crippen molar-refractivity contribution in [3.63, 3.8) is 0 Å². The van der Waals surface area contributed by atoms with Gasteiger partial charge < -0.3 is 15.1 Å². The van der Waals surface area contributed by atoms with Crippen molar-refractivity contribution in [1.82, 2.24) is 4.90 Å². The minimum atomic E-state index is -1.26. The Morgan fingerprint density at radius 1 is 0.816 bits per heavy atom. The van der Waals surface area contributed by atoms with Gasteiger partial charge in [0.25, 0.3) is 0 Å². The number of carboxylic acids is 2. The fraction of sp³-hybridized carbons (Fsp3) is 0.226. The second-order valence-corrected chi connectivity index (χ2v) is 9.64. The number of nitrogens with zero attached hydrogens (tertiary/aromatic N) is 2. The molecule has 0 bridgehead atoms. The molecule has 3 aromatic carbocycles. The molecule has 2 aliphatic rings. The molecule has 0 radical (unpaired) electrons. The van der Waals surface area contributed by atoms with Gasteiger partial charge in [-0.1, -0.05) is 72.3 Å². The van der Waals surface area contributed by atoms with Crippen LogP contribution in [0.1, 0.15) is 17.5 Å². The summed E-state index contributed by atoms with van der Waals surface area (Å²) >= 11 is 6.16. The normalized spacial score (nSPS) is 15.0. The van der Waals surface area contributed by atoms with Crippen molar-refractivity contribution in [2.45, 2.75) is 12.8 Å². The molecule has 0 amide bonds. The van der Waals surface area contributed by atoms with Crippen LogP contribution in [0.3, 0.4) is 0 Å². The van der Waals surface area contributed by atoms with E-state index in [1.807, 2.05) is 12.1 Å². The predicted octanol–water partition coefficient (Wildman–Crippen LogP) is 5.87.